The molecule has 0 aliphatic rings. The van der Waals surface area contributed by atoms with E-state index in [9.17, 15) is 26.7 Å². The monoisotopic (exact) mass is 552 g/mol. The van der Waals surface area contributed by atoms with Crippen molar-refractivity contribution in [2.45, 2.75) is 32.5 Å². The second kappa shape index (κ2) is 9.41. The lowest BCUT2D eigenvalue weighted by atomic mass is 9.98. The molecule has 0 fully saturated rings. The molecule has 3 aromatic carbocycles. The first kappa shape index (κ1) is 24.8. The normalized spacial score (nSPS) is 12.7. The zero-order valence-electron chi connectivity index (χ0n) is 18.5. The Labute approximate surface area is 205 Å². The minimum absolute atomic E-state index is 0.00684. The topological polar surface area (TPSA) is 44.1 Å². The van der Waals surface area contributed by atoms with Crippen LogP contribution in [0.5, 0.6) is 11.5 Å². The summed E-state index contributed by atoms with van der Waals surface area (Å²) in [6.45, 7) is 3.45. The number of hydrogen-bond donors (Lipinski definition) is 0. The molecule has 0 aliphatic carbocycles. The molecule has 0 saturated heterocycles. The van der Waals surface area contributed by atoms with Crippen LogP contribution in [-0.2, 0) is 12.6 Å². The average Bonchev–Trinajstić information content (AvgIpc) is 2.78. The van der Waals surface area contributed by atoms with E-state index in [0.717, 1.165) is 6.07 Å². The highest BCUT2D eigenvalue weighted by molar-refractivity contribution is 9.10. The molecule has 1 aromatic heterocycles. The van der Waals surface area contributed by atoms with E-state index in [2.05, 4.69) is 20.9 Å². The predicted molar refractivity (Wildman–Crippen MR) is 125 cm³/mol. The number of nitrogens with zero attached hydrogens (tertiary/aromatic N) is 2. The molecule has 0 aliphatic heterocycles. The van der Waals surface area contributed by atoms with Gasteiger partial charge in [-0.3, -0.25) is 4.79 Å². The summed E-state index contributed by atoms with van der Waals surface area (Å²) in [5.74, 6) is -1.86. The number of ether oxygens (including phenoxy) is 1. The van der Waals surface area contributed by atoms with E-state index >= 15 is 0 Å². The predicted octanol–water partition coefficient (Wildman–Crippen LogP) is 7.42. The van der Waals surface area contributed by atoms with Gasteiger partial charge in [0.2, 0.25) is 0 Å². The van der Waals surface area contributed by atoms with Crippen LogP contribution in [-0.4, -0.2) is 9.55 Å². The number of aromatic nitrogens is 2. The number of rotatable bonds is 5. The van der Waals surface area contributed by atoms with Gasteiger partial charge in [0.1, 0.15) is 28.7 Å². The van der Waals surface area contributed by atoms with E-state index in [4.69, 9.17) is 4.74 Å². The van der Waals surface area contributed by atoms with Crippen LogP contribution in [0.25, 0.3) is 10.9 Å². The van der Waals surface area contributed by atoms with Gasteiger partial charge in [-0.15, -0.1) is 0 Å². The van der Waals surface area contributed by atoms with Crippen molar-refractivity contribution < 1.29 is 26.7 Å². The summed E-state index contributed by atoms with van der Waals surface area (Å²) in [5, 5.41) is 0.0703. The highest BCUT2D eigenvalue weighted by Crippen LogP contribution is 2.42. The molecule has 182 valence electrons. The van der Waals surface area contributed by atoms with Gasteiger partial charge in [0.25, 0.3) is 5.56 Å². The molecule has 4 aromatic rings. The summed E-state index contributed by atoms with van der Waals surface area (Å²) in [5.41, 5.74) is -0.535. The second-order valence-corrected chi connectivity index (χ2v) is 8.69. The average molecular weight is 553 g/mol. The molecular weight excluding hydrogens is 535 g/mol. The lowest BCUT2D eigenvalue weighted by Crippen LogP contribution is -2.18. The van der Waals surface area contributed by atoms with Gasteiger partial charge in [-0.05, 0) is 55.3 Å². The summed E-state index contributed by atoms with van der Waals surface area (Å²) < 4.78 is 75.9. The number of alkyl halides is 3. The van der Waals surface area contributed by atoms with Gasteiger partial charge in [0.15, 0.2) is 0 Å². The maximum Gasteiger partial charge on any atom is 0.421 e. The molecule has 0 amide bonds. The van der Waals surface area contributed by atoms with Crippen LogP contribution in [0.15, 0.2) is 64.1 Å². The number of fused-ring (bicyclic) bond motifs is 1. The van der Waals surface area contributed by atoms with Crippen molar-refractivity contribution in [1.29, 1.82) is 0 Å². The van der Waals surface area contributed by atoms with Crippen molar-refractivity contribution in [1.82, 2.24) is 9.55 Å². The standard InChI is InChI=1S/C25H18BrF5N2O2/c1-3-14-9-15(27)10-19(28)22(14)13(2)33-12-32-24(34)17-11-16(7-8-20(17)33)35-21-6-4-5-18(26)23(21)25(29,30)31/h4-13H,3H2,1-2H3. The number of hydrogen-bond acceptors (Lipinski definition) is 3. The molecular formula is C25H18BrF5N2O2. The summed E-state index contributed by atoms with van der Waals surface area (Å²) in [6.07, 6.45) is -3.04. The Kier molecular flexibility index (Phi) is 6.68. The summed E-state index contributed by atoms with van der Waals surface area (Å²) in [4.78, 5) is 16.4. The molecule has 0 N–H and O–H groups in total. The second-order valence-electron chi connectivity index (χ2n) is 7.84. The zero-order chi connectivity index (χ0) is 25.5. The lowest BCUT2D eigenvalue weighted by Gasteiger charge is -2.22. The van der Waals surface area contributed by atoms with E-state index in [1.807, 2.05) is 0 Å². The Balaban J connectivity index is 1.81. The van der Waals surface area contributed by atoms with Gasteiger partial charge in [-0.25, -0.2) is 8.78 Å². The Morgan fingerprint density at radius 2 is 1.86 bits per heavy atom. The maximum absolute atomic E-state index is 14.7. The van der Waals surface area contributed by atoms with E-state index in [0.29, 0.717) is 17.5 Å². The Bertz CT molecular complexity index is 1480. The molecule has 0 bridgehead atoms. The first-order valence-electron chi connectivity index (χ1n) is 10.5. The fourth-order valence-corrected chi connectivity index (χ4v) is 4.63. The number of halogens is 6. The minimum atomic E-state index is -4.67. The third-order valence-electron chi connectivity index (χ3n) is 5.66. The summed E-state index contributed by atoms with van der Waals surface area (Å²) in [6, 6.07) is 9.40. The highest BCUT2D eigenvalue weighted by Gasteiger charge is 2.37. The van der Waals surface area contributed by atoms with Crippen molar-refractivity contribution >= 4 is 26.8 Å². The molecule has 4 rings (SSSR count). The van der Waals surface area contributed by atoms with Gasteiger partial charge in [-0.2, -0.15) is 18.2 Å². The SMILES string of the molecule is CCc1cc(F)cc(F)c1C(C)n1cnc(=O)c2cc(Oc3cccc(Br)c3C(F)(F)F)ccc21. The van der Waals surface area contributed by atoms with Crippen LogP contribution >= 0.6 is 15.9 Å². The third kappa shape index (κ3) is 4.80. The van der Waals surface area contributed by atoms with Gasteiger partial charge in [0.05, 0.1) is 23.3 Å². The first-order chi connectivity index (χ1) is 16.5. The zero-order valence-corrected chi connectivity index (χ0v) is 20.0. The fraction of sp³-hybridized carbons (Fsp3) is 0.200. The molecule has 0 radical (unpaired) electrons. The molecule has 10 heteroatoms. The van der Waals surface area contributed by atoms with Crippen molar-refractivity contribution in [3.63, 3.8) is 0 Å². The molecule has 1 heterocycles. The minimum Gasteiger partial charge on any atom is -0.457 e. The smallest absolute Gasteiger partial charge is 0.421 e. The van der Waals surface area contributed by atoms with Gasteiger partial charge in [0, 0.05) is 16.1 Å². The van der Waals surface area contributed by atoms with Crippen LogP contribution in [0.2, 0.25) is 0 Å². The van der Waals surface area contributed by atoms with Crippen LogP contribution in [0, 0.1) is 11.6 Å². The maximum atomic E-state index is 14.7. The molecule has 0 spiro atoms. The lowest BCUT2D eigenvalue weighted by molar-refractivity contribution is -0.139. The fourth-order valence-electron chi connectivity index (χ4n) is 4.06. The van der Waals surface area contributed by atoms with Crippen molar-refractivity contribution in [3.8, 4) is 11.5 Å². The Morgan fingerprint density at radius 3 is 2.54 bits per heavy atom. The van der Waals surface area contributed by atoms with Gasteiger partial charge < -0.3 is 9.30 Å². The number of benzene rings is 3. The Hall–Kier alpha value is -3.27. The molecule has 1 unspecified atom stereocenters. The largest absolute Gasteiger partial charge is 0.457 e. The molecule has 0 saturated carbocycles. The number of aryl methyl sites for hydroxylation is 1. The molecule has 35 heavy (non-hydrogen) atoms. The summed E-state index contributed by atoms with van der Waals surface area (Å²) >= 11 is 2.90. The van der Waals surface area contributed by atoms with Crippen LogP contribution < -0.4 is 10.3 Å². The van der Waals surface area contributed by atoms with E-state index < -0.39 is 40.7 Å². The first-order valence-corrected chi connectivity index (χ1v) is 11.3. The molecule has 1 atom stereocenters. The van der Waals surface area contributed by atoms with Gasteiger partial charge >= 0.3 is 6.18 Å². The molecule has 4 nitrogen and oxygen atoms in total. The van der Waals surface area contributed by atoms with Crippen LogP contribution in [0.4, 0.5) is 22.0 Å². The van der Waals surface area contributed by atoms with E-state index in [1.165, 1.54) is 48.8 Å². The van der Waals surface area contributed by atoms with Crippen molar-refractivity contribution in [2.75, 3.05) is 0 Å². The van der Waals surface area contributed by atoms with E-state index in [1.54, 1.807) is 18.4 Å². The quantitative estimate of drug-likeness (QED) is 0.242. The van der Waals surface area contributed by atoms with E-state index in [-0.39, 0.29) is 21.2 Å². The van der Waals surface area contributed by atoms with Crippen molar-refractivity contribution in [3.05, 3.63) is 98.0 Å². The third-order valence-corrected chi connectivity index (χ3v) is 6.32. The van der Waals surface area contributed by atoms with Crippen LogP contribution in [0.1, 0.15) is 36.6 Å². The van der Waals surface area contributed by atoms with Crippen LogP contribution in [0.3, 0.4) is 0 Å². The highest BCUT2D eigenvalue weighted by atomic mass is 79.9. The Morgan fingerprint density at radius 1 is 1.11 bits per heavy atom. The summed E-state index contributed by atoms with van der Waals surface area (Å²) in [7, 11) is 0. The van der Waals surface area contributed by atoms with Gasteiger partial charge in [-0.1, -0.05) is 28.9 Å². The van der Waals surface area contributed by atoms with Crippen molar-refractivity contribution in [2.24, 2.45) is 0 Å².